The van der Waals surface area contributed by atoms with Gasteiger partial charge < -0.3 is 13.7 Å². The molecule has 3 nitrogen and oxygen atoms in total. The Morgan fingerprint density at radius 3 is 2.05 bits per heavy atom. The molecule has 0 atom stereocenters. The van der Waals surface area contributed by atoms with Gasteiger partial charge >= 0.3 is 7.12 Å². The molecule has 3 heterocycles. The van der Waals surface area contributed by atoms with Crippen LogP contribution in [0.3, 0.4) is 0 Å². The van der Waals surface area contributed by atoms with E-state index in [1.165, 1.54) is 36.5 Å². The number of rotatable bonds is 2. The van der Waals surface area contributed by atoms with Crippen molar-refractivity contribution in [3.8, 4) is 11.1 Å². The fraction of sp³-hybridized carbons (Fsp3) is 0.176. The van der Waals surface area contributed by atoms with Crippen molar-refractivity contribution in [3.05, 3.63) is 91.0 Å². The molecule has 1 aliphatic heterocycles. The van der Waals surface area contributed by atoms with Crippen LogP contribution in [0.2, 0.25) is 0 Å². The Labute approximate surface area is 231 Å². The van der Waals surface area contributed by atoms with Crippen LogP contribution in [0.25, 0.3) is 64.0 Å². The van der Waals surface area contributed by atoms with E-state index in [0.29, 0.717) is 0 Å². The van der Waals surface area contributed by atoms with Crippen molar-refractivity contribution in [1.82, 2.24) is 0 Å². The number of furan rings is 1. The highest BCUT2D eigenvalue weighted by Gasteiger charge is 2.52. The number of fused-ring (bicyclic) bond motifs is 7. The predicted octanol–water partition coefficient (Wildman–Crippen LogP) is 9.07. The molecular formula is C34H27BO3S. The summed E-state index contributed by atoms with van der Waals surface area (Å²) in [5, 5.41) is 7.27. The third-order valence-electron chi connectivity index (χ3n) is 8.73. The van der Waals surface area contributed by atoms with Gasteiger partial charge in [-0.05, 0) is 62.2 Å². The Bertz CT molecular complexity index is 2080. The van der Waals surface area contributed by atoms with Crippen molar-refractivity contribution < 1.29 is 13.7 Å². The van der Waals surface area contributed by atoms with Gasteiger partial charge in [0.25, 0.3) is 0 Å². The van der Waals surface area contributed by atoms with Crippen LogP contribution in [-0.4, -0.2) is 18.3 Å². The van der Waals surface area contributed by atoms with Gasteiger partial charge in [-0.3, -0.25) is 0 Å². The summed E-state index contributed by atoms with van der Waals surface area (Å²) in [5.41, 5.74) is 4.07. The van der Waals surface area contributed by atoms with E-state index in [1.54, 1.807) is 0 Å². The molecule has 0 saturated carbocycles. The second-order valence-corrected chi connectivity index (χ2v) is 12.7. The average Bonchev–Trinajstić information content (AvgIpc) is 3.55. The summed E-state index contributed by atoms with van der Waals surface area (Å²) in [6.07, 6.45) is 0. The van der Waals surface area contributed by atoms with Crippen molar-refractivity contribution in [1.29, 1.82) is 0 Å². The van der Waals surface area contributed by atoms with Gasteiger partial charge in [-0.1, -0.05) is 72.8 Å². The van der Waals surface area contributed by atoms with Crippen molar-refractivity contribution in [2.24, 2.45) is 0 Å². The van der Waals surface area contributed by atoms with Crippen molar-refractivity contribution in [3.63, 3.8) is 0 Å². The van der Waals surface area contributed by atoms with Crippen LogP contribution in [0.5, 0.6) is 0 Å². The summed E-state index contributed by atoms with van der Waals surface area (Å²) >= 11 is 1.85. The first-order valence-corrected chi connectivity index (χ1v) is 14.3. The molecule has 0 radical (unpaired) electrons. The summed E-state index contributed by atoms with van der Waals surface area (Å²) in [7, 11) is -0.485. The molecule has 0 amide bonds. The van der Waals surface area contributed by atoms with Crippen LogP contribution in [0.1, 0.15) is 27.7 Å². The molecule has 0 bridgehead atoms. The summed E-state index contributed by atoms with van der Waals surface area (Å²) in [6, 6.07) is 32.6. The summed E-state index contributed by atoms with van der Waals surface area (Å²) in [4.78, 5) is 0. The van der Waals surface area contributed by atoms with E-state index < -0.39 is 18.3 Å². The van der Waals surface area contributed by atoms with Gasteiger partial charge in [-0.25, -0.2) is 0 Å². The number of thiophene rings is 1. The standard InChI is InChI=1S/C34H27BO3S/c1-33(2)34(3,4)38-35(37-33)28-16-9-15-25-24-14-8-13-23(31(24)36-32(25)28)21-12-7-10-20-18-27-22-11-5-6-17-29(22)39-30(27)19-26(20)21/h5-19H,1-4H3. The fourth-order valence-corrected chi connectivity index (χ4v) is 7.07. The van der Waals surface area contributed by atoms with Crippen LogP contribution >= 0.6 is 11.3 Å². The van der Waals surface area contributed by atoms with E-state index in [-0.39, 0.29) is 0 Å². The lowest BCUT2D eigenvalue weighted by molar-refractivity contribution is 0.00578. The molecule has 8 rings (SSSR count). The molecule has 1 fully saturated rings. The number of para-hydroxylation sites is 2. The average molecular weight is 526 g/mol. The van der Waals surface area contributed by atoms with E-state index in [2.05, 4.69) is 119 Å². The predicted molar refractivity (Wildman–Crippen MR) is 165 cm³/mol. The highest BCUT2D eigenvalue weighted by molar-refractivity contribution is 7.25. The molecule has 1 saturated heterocycles. The number of hydrogen-bond donors (Lipinski definition) is 0. The second-order valence-electron chi connectivity index (χ2n) is 11.6. The maximum absolute atomic E-state index is 6.74. The molecule has 5 heteroatoms. The SMILES string of the molecule is CC1(C)OB(c2cccc3c2oc2c(-c4cccc5cc6c(cc45)sc4ccccc46)cccc23)OC1(C)C. The molecule has 39 heavy (non-hydrogen) atoms. The van der Waals surface area contributed by atoms with Gasteiger partial charge in [0.1, 0.15) is 11.2 Å². The molecule has 2 aromatic heterocycles. The third-order valence-corrected chi connectivity index (χ3v) is 9.86. The Morgan fingerprint density at radius 2 is 1.23 bits per heavy atom. The van der Waals surface area contributed by atoms with Gasteiger partial charge in [-0.2, -0.15) is 0 Å². The zero-order chi connectivity index (χ0) is 26.5. The van der Waals surface area contributed by atoms with E-state index in [9.17, 15) is 0 Å². The Hall–Kier alpha value is -3.64. The van der Waals surface area contributed by atoms with Crippen LogP contribution in [0.4, 0.5) is 0 Å². The molecule has 1 aliphatic rings. The first-order valence-electron chi connectivity index (χ1n) is 13.4. The third kappa shape index (κ3) is 3.30. The van der Waals surface area contributed by atoms with Crippen LogP contribution in [-0.2, 0) is 9.31 Å². The molecule has 0 aliphatic carbocycles. The van der Waals surface area contributed by atoms with E-state index >= 15 is 0 Å². The lowest BCUT2D eigenvalue weighted by atomic mass is 9.78. The number of benzene rings is 5. The lowest BCUT2D eigenvalue weighted by Crippen LogP contribution is -2.41. The monoisotopic (exact) mass is 526 g/mol. The van der Waals surface area contributed by atoms with Crippen LogP contribution in [0.15, 0.2) is 95.4 Å². The summed E-state index contributed by atoms with van der Waals surface area (Å²) < 4.78 is 22.2. The highest BCUT2D eigenvalue weighted by atomic mass is 32.1. The normalized spacial score (nSPS) is 16.9. The quantitative estimate of drug-likeness (QED) is 0.211. The van der Waals surface area contributed by atoms with E-state index in [0.717, 1.165) is 33.0 Å². The smallest absolute Gasteiger partial charge is 0.456 e. The molecule has 0 spiro atoms. The fourth-order valence-electron chi connectivity index (χ4n) is 5.94. The maximum atomic E-state index is 6.74. The topological polar surface area (TPSA) is 31.6 Å². The first kappa shape index (κ1) is 23.3. The minimum atomic E-state index is -0.485. The molecule has 0 N–H and O–H groups in total. The van der Waals surface area contributed by atoms with Gasteiger partial charge in [0.2, 0.25) is 0 Å². The summed E-state index contributed by atoms with van der Waals surface area (Å²) in [5.74, 6) is 0. The second kappa shape index (κ2) is 7.95. The van der Waals surface area contributed by atoms with Gasteiger partial charge in [0.05, 0.1) is 11.2 Å². The van der Waals surface area contributed by atoms with Gasteiger partial charge in [-0.15, -0.1) is 11.3 Å². The van der Waals surface area contributed by atoms with E-state index in [1.807, 2.05) is 11.3 Å². The maximum Gasteiger partial charge on any atom is 0.498 e. The molecule has 5 aromatic carbocycles. The van der Waals surface area contributed by atoms with Crippen molar-refractivity contribution >= 4 is 76.8 Å². The minimum absolute atomic E-state index is 0.419. The molecule has 190 valence electrons. The zero-order valence-electron chi connectivity index (χ0n) is 22.4. The highest BCUT2D eigenvalue weighted by Crippen LogP contribution is 2.42. The van der Waals surface area contributed by atoms with Crippen LogP contribution < -0.4 is 5.46 Å². The lowest BCUT2D eigenvalue weighted by Gasteiger charge is -2.32. The zero-order valence-corrected chi connectivity index (χ0v) is 23.2. The minimum Gasteiger partial charge on any atom is -0.456 e. The van der Waals surface area contributed by atoms with Crippen molar-refractivity contribution in [2.45, 2.75) is 38.9 Å². The summed E-state index contributed by atoms with van der Waals surface area (Å²) in [6.45, 7) is 8.33. The number of hydrogen-bond acceptors (Lipinski definition) is 4. The molecule has 7 aromatic rings. The first-order chi connectivity index (χ1) is 18.8. The van der Waals surface area contributed by atoms with E-state index in [4.69, 9.17) is 13.7 Å². The van der Waals surface area contributed by atoms with Crippen LogP contribution in [0, 0.1) is 0 Å². The van der Waals surface area contributed by atoms with Crippen molar-refractivity contribution in [2.75, 3.05) is 0 Å². The largest absolute Gasteiger partial charge is 0.498 e. The Morgan fingerprint density at radius 1 is 0.564 bits per heavy atom. The van der Waals surface area contributed by atoms with Gasteiger partial charge in [0, 0.05) is 42.0 Å². The van der Waals surface area contributed by atoms with Gasteiger partial charge in [0.15, 0.2) is 0 Å². The molecular weight excluding hydrogens is 499 g/mol. The molecule has 0 unspecified atom stereocenters. The Balaban J connectivity index is 1.35. The Kier molecular flexibility index (Phi) is 4.74.